The van der Waals surface area contributed by atoms with Gasteiger partial charge in [0.2, 0.25) is 5.91 Å². The number of carboxylic acid groups (broad SMARTS) is 1. The number of nitrogens with zero attached hydrogens (tertiary/aromatic N) is 2. The summed E-state index contributed by atoms with van der Waals surface area (Å²) >= 11 is 1.66. The Morgan fingerprint density at radius 3 is 2.24 bits per heavy atom. The monoisotopic (exact) mass is 480 g/mol. The van der Waals surface area contributed by atoms with Crippen LogP contribution in [0.2, 0.25) is 0 Å². The Hall–Kier alpha value is -2.80. The van der Waals surface area contributed by atoms with Crippen molar-refractivity contribution in [3.05, 3.63) is 71.8 Å². The molecule has 0 spiro atoms. The lowest BCUT2D eigenvalue weighted by Crippen LogP contribution is -2.48. The molecule has 1 N–H and O–H groups in total. The molecule has 6 nitrogen and oxygen atoms in total. The second kappa shape index (κ2) is 11.6. The fourth-order valence-corrected chi connectivity index (χ4v) is 6.46. The third-order valence-electron chi connectivity index (χ3n) is 6.73. The van der Waals surface area contributed by atoms with Crippen molar-refractivity contribution in [1.82, 2.24) is 9.80 Å². The van der Waals surface area contributed by atoms with Crippen LogP contribution in [0.1, 0.15) is 59.8 Å². The fraction of sp³-hybridized carbons (Fsp3) is 0.444. The minimum Gasteiger partial charge on any atom is -0.480 e. The van der Waals surface area contributed by atoms with Crippen LogP contribution in [-0.2, 0) is 9.59 Å². The Morgan fingerprint density at radius 2 is 1.59 bits per heavy atom. The minimum absolute atomic E-state index is 0.0977. The number of carboxylic acids is 1. The van der Waals surface area contributed by atoms with Crippen molar-refractivity contribution in [2.75, 3.05) is 18.8 Å². The quantitative estimate of drug-likeness (QED) is 0.586. The molecule has 1 saturated heterocycles. The fourth-order valence-electron chi connectivity index (χ4n) is 5.01. The van der Waals surface area contributed by atoms with E-state index in [1.807, 2.05) is 53.4 Å². The molecule has 0 aromatic heterocycles. The van der Waals surface area contributed by atoms with E-state index in [0.29, 0.717) is 23.7 Å². The minimum atomic E-state index is -1.02. The number of amides is 2. The van der Waals surface area contributed by atoms with E-state index in [4.69, 9.17) is 0 Å². The lowest BCUT2D eigenvalue weighted by atomic mass is 9.86. The third-order valence-corrected chi connectivity index (χ3v) is 8.12. The molecule has 2 amide bonds. The maximum absolute atomic E-state index is 13.6. The average molecular weight is 481 g/mol. The Kier molecular flexibility index (Phi) is 8.27. The third kappa shape index (κ3) is 6.00. The number of hydrogen-bond acceptors (Lipinski definition) is 4. The Balaban J connectivity index is 1.56. The van der Waals surface area contributed by atoms with Crippen molar-refractivity contribution in [2.24, 2.45) is 5.92 Å². The zero-order valence-corrected chi connectivity index (χ0v) is 20.2. The van der Waals surface area contributed by atoms with E-state index in [1.165, 1.54) is 11.3 Å². The Morgan fingerprint density at radius 1 is 0.941 bits per heavy atom. The molecule has 2 atom stereocenters. The number of rotatable bonds is 8. The summed E-state index contributed by atoms with van der Waals surface area (Å²) in [5, 5.41) is 9.33. The standard InChI is InChI=1S/C27H32N2O4S/c30-24(16-20-10-4-1-5-11-20)28(18-25(31)32)17-23-19-34-27(22-14-8-3-9-15-22)29(23)26(33)21-12-6-2-7-13-21/h2-3,6-9,12-15,20,23,27H,1,4-5,10-11,16-19H2,(H,31,32)/t23-,27?/m0/s1. The van der Waals surface area contributed by atoms with Crippen LogP contribution in [0.4, 0.5) is 0 Å². The summed E-state index contributed by atoms with van der Waals surface area (Å²) in [5.41, 5.74) is 1.62. The first-order valence-electron chi connectivity index (χ1n) is 12.1. The van der Waals surface area contributed by atoms with E-state index in [1.54, 1.807) is 23.9 Å². The Labute approximate surface area is 205 Å². The first-order valence-corrected chi connectivity index (χ1v) is 13.1. The van der Waals surface area contributed by atoms with E-state index >= 15 is 0 Å². The first kappa shape index (κ1) is 24.3. The normalized spacial score (nSPS) is 20.8. The maximum atomic E-state index is 13.6. The molecule has 7 heteroatoms. The van der Waals surface area contributed by atoms with Gasteiger partial charge in [0, 0.05) is 24.3 Å². The lowest BCUT2D eigenvalue weighted by molar-refractivity contribution is -0.145. The highest BCUT2D eigenvalue weighted by Gasteiger charge is 2.40. The van der Waals surface area contributed by atoms with Gasteiger partial charge >= 0.3 is 5.97 Å². The van der Waals surface area contributed by atoms with Gasteiger partial charge in [-0.05, 0) is 36.5 Å². The SMILES string of the molecule is O=C(O)CN(C[C@H]1CSC(c2ccccc2)N1C(=O)c1ccccc1)C(=O)CC1CCCCC1. The van der Waals surface area contributed by atoms with Gasteiger partial charge in [-0.1, -0.05) is 67.8 Å². The molecule has 1 aliphatic heterocycles. The summed E-state index contributed by atoms with van der Waals surface area (Å²) in [6, 6.07) is 18.8. The summed E-state index contributed by atoms with van der Waals surface area (Å²) in [4.78, 5) is 41.7. The summed E-state index contributed by atoms with van der Waals surface area (Å²) in [6.07, 6.45) is 5.92. The lowest BCUT2D eigenvalue weighted by Gasteiger charge is -2.33. The second-order valence-electron chi connectivity index (χ2n) is 9.20. The van der Waals surface area contributed by atoms with Gasteiger partial charge in [-0.2, -0.15) is 0 Å². The van der Waals surface area contributed by atoms with E-state index in [9.17, 15) is 19.5 Å². The molecule has 1 heterocycles. The number of benzene rings is 2. The topological polar surface area (TPSA) is 77.9 Å². The van der Waals surface area contributed by atoms with Crippen LogP contribution in [0, 0.1) is 5.92 Å². The highest BCUT2D eigenvalue weighted by atomic mass is 32.2. The maximum Gasteiger partial charge on any atom is 0.323 e. The smallest absolute Gasteiger partial charge is 0.323 e. The molecular formula is C27H32N2O4S. The van der Waals surface area contributed by atoms with Gasteiger partial charge in [0.25, 0.3) is 5.91 Å². The van der Waals surface area contributed by atoms with Crippen LogP contribution in [-0.4, -0.2) is 57.6 Å². The largest absolute Gasteiger partial charge is 0.480 e. The van der Waals surface area contributed by atoms with Crippen LogP contribution < -0.4 is 0 Å². The molecular weight excluding hydrogens is 448 g/mol. The van der Waals surface area contributed by atoms with Crippen molar-refractivity contribution >= 4 is 29.5 Å². The molecule has 34 heavy (non-hydrogen) atoms. The predicted octanol–water partition coefficient (Wildman–Crippen LogP) is 4.83. The average Bonchev–Trinajstić information content (AvgIpc) is 3.28. The highest BCUT2D eigenvalue weighted by Crippen LogP contribution is 2.42. The highest BCUT2D eigenvalue weighted by molar-refractivity contribution is 7.99. The van der Waals surface area contributed by atoms with Crippen LogP contribution in [0.3, 0.4) is 0 Å². The predicted molar refractivity (Wildman–Crippen MR) is 133 cm³/mol. The molecule has 0 radical (unpaired) electrons. The van der Waals surface area contributed by atoms with Crippen molar-refractivity contribution in [3.63, 3.8) is 0 Å². The van der Waals surface area contributed by atoms with E-state index in [2.05, 4.69) is 0 Å². The zero-order valence-electron chi connectivity index (χ0n) is 19.3. The van der Waals surface area contributed by atoms with Gasteiger partial charge in [-0.3, -0.25) is 14.4 Å². The van der Waals surface area contributed by atoms with Crippen LogP contribution in [0.5, 0.6) is 0 Å². The molecule has 0 bridgehead atoms. The summed E-state index contributed by atoms with van der Waals surface area (Å²) in [7, 11) is 0. The van der Waals surface area contributed by atoms with Crippen molar-refractivity contribution in [2.45, 2.75) is 49.9 Å². The molecule has 180 valence electrons. The van der Waals surface area contributed by atoms with Gasteiger partial charge < -0.3 is 14.9 Å². The van der Waals surface area contributed by atoms with Gasteiger partial charge in [-0.15, -0.1) is 11.8 Å². The van der Waals surface area contributed by atoms with Gasteiger partial charge in [-0.25, -0.2) is 0 Å². The molecule has 2 aromatic carbocycles. The van der Waals surface area contributed by atoms with Crippen LogP contribution in [0.15, 0.2) is 60.7 Å². The second-order valence-corrected chi connectivity index (χ2v) is 10.3. The van der Waals surface area contributed by atoms with Crippen molar-refractivity contribution < 1.29 is 19.5 Å². The van der Waals surface area contributed by atoms with Gasteiger partial charge in [0.05, 0.1) is 6.04 Å². The molecule has 2 fully saturated rings. The van der Waals surface area contributed by atoms with Gasteiger partial charge in [0.15, 0.2) is 0 Å². The number of aliphatic carboxylic acids is 1. The molecule has 1 aliphatic carbocycles. The van der Waals surface area contributed by atoms with E-state index < -0.39 is 5.97 Å². The van der Waals surface area contributed by atoms with Crippen LogP contribution in [0.25, 0.3) is 0 Å². The van der Waals surface area contributed by atoms with E-state index in [0.717, 1.165) is 31.2 Å². The van der Waals surface area contributed by atoms with Crippen molar-refractivity contribution in [3.8, 4) is 0 Å². The number of thioether (sulfide) groups is 1. The summed E-state index contributed by atoms with van der Waals surface area (Å²) in [5.74, 6) is -0.267. The molecule has 4 rings (SSSR count). The summed E-state index contributed by atoms with van der Waals surface area (Å²) < 4.78 is 0. The Bertz CT molecular complexity index is 979. The zero-order chi connectivity index (χ0) is 23.9. The molecule has 2 aromatic rings. The number of carbonyl (C=O) groups is 3. The number of carbonyl (C=O) groups excluding carboxylic acids is 2. The van der Waals surface area contributed by atoms with Crippen molar-refractivity contribution in [1.29, 1.82) is 0 Å². The first-order chi connectivity index (χ1) is 16.5. The van der Waals surface area contributed by atoms with Gasteiger partial charge in [0.1, 0.15) is 11.9 Å². The van der Waals surface area contributed by atoms with E-state index in [-0.39, 0.29) is 36.3 Å². The molecule has 1 unspecified atom stereocenters. The number of hydrogen-bond donors (Lipinski definition) is 1. The molecule has 1 saturated carbocycles. The van der Waals surface area contributed by atoms with Crippen LogP contribution >= 0.6 is 11.8 Å². The summed E-state index contributed by atoms with van der Waals surface area (Å²) in [6.45, 7) is -0.108. The molecule has 2 aliphatic rings.